The van der Waals surface area contributed by atoms with Crippen LogP contribution in [0.3, 0.4) is 0 Å². The summed E-state index contributed by atoms with van der Waals surface area (Å²) < 4.78 is 29.8. The molecule has 0 fully saturated rings. The van der Waals surface area contributed by atoms with Gasteiger partial charge in [0.2, 0.25) is 10.0 Å². The van der Waals surface area contributed by atoms with Crippen molar-refractivity contribution in [3.8, 4) is 16.2 Å². The Balaban J connectivity index is 1.53. The lowest BCUT2D eigenvalue weighted by atomic mass is 10.1. The van der Waals surface area contributed by atoms with Gasteiger partial charge in [-0.25, -0.2) is 18.5 Å². The molecule has 0 saturated heterocycles. The maximum atomic E-state index is 13.0. The third kappa shape index (κ3) is 4.00. The van der Waals surface area contributed by atoms with E-state index >= 15 is 0 Å². The summed E-state index contributed by atoms with van der Waals surface area (Å²) in [7, 11) is -3.74. The molecule has 2 heterocycles. The molecule has 4 rings (SSSR count). The van der Waals surface area contributed by atoms with Crippen molar-refractivity contribution in [2.75, 3.05) is 6.61 Å². The van der Waals surface area contributed by atoms with Gasteiger partial charge in [0.25, 0.3) is 5.56 Å². The average Bonchev–Trinajstić information content (AvgIpc) is 3.07. The molecule has 0 aliphatic heterocycles. The second-order valence-electron chi connectivity index (χ2n) is 6.71. The molecule has 0 unspecified atom stereocenters. The highest BCUT2D eigenvalue weighted by atomic mass is 32.2. The number of aromatic nitrogens is 2. The van der Waals surface area contributed by atoms with E-state index in [1.54, 1.807) is 0 Å². The summed E-state index contributed by atoms with van der Waals surface area (Å²) in [5.74, 6) is 0.488. The summed E-state index contributed by atoms with van der Waals surface area (Å²) in [6, 6.07) is 15.7. The summed E-state index contributed by atoms with van der Waals surface area (Å²) in [5, 5.41) is 5.71. The fraction of sp³-hybridized carbons (Fsp3) is 0.143. The van der Waals surface area contributed by atoms with Gasteiger partial charge in [-0.1, -0.05) is 30.3 Å². The highest BCUT2D eigenvalue weighted by Gasteiger charge is 2.15. The van der Waals surface area contributed by atoms with Gasteiger partial charge in [0.1, 0.15) is 17.2 Å². The molecule has 2 aromatic heterocycles. The molecule has 0 bridgehead atoms. The Morgan fingerprint density at radius 2 is 1.80 bits per heavy atom. The van der Waals surface area contributed by atoms with Crippen LogP contribution in [0.2, 0.25) is 0 Å². The maximum absolute atomic E-state index is 13.0. The first kappa shape index (κ1) is 20.3. The molecule has 0 aliphatic rings. The fourth-order valence-electron chi connectivity index (χ4n) is 3.17. The molecule has 0 aliphatic carbocycles. The van der Waals surface area contributed by atoms with E-state index in [9.17, 15) is 13.2 Å². The summed E-state index contributed by atoms with van der Waals surface area (Å²) in [6.07, 6.45) is 1.53. The van der Waals surface area contributed by atoms with Crippen molar-refractivity contribution in [2.24, 2.45) is 5.14 Å². The van der Waals surface area contributed by atoms with Crippen LogP contribution in [0.25, 0.3) is 20.7 Å². The van der Waals surface area contributed by atoms with E-state index < -0.39 is 10.0 Å². The Morgan fingerprint density at radius 3 is 2.47 bits per heavy atom. The molecule has 30 heavy (non-hydrogen) atoms. The van der Waals surface area contributed by atoms with Crippen molar-refractivity contribution in [2.45, 2.75) is 18.4 Å². The van der Waals surface area contributed by atoms with Crippen LogP contribution in [-0.2, 0) is 16.6 Å². The Morgan fingerprint density at radius 1 is 1.10 bits per heavy atom. The zero-order chi connectivity index (χ0) is 21.3. The predicted octanol–water partition coefficient (Wildman–Crippen LogP) is 3.16. The highest BCUT2D eigenvalue weighted by Crippen LogP contribution is 2.35. The van der Waals surface area contributed by atoms with Gasteiger partial charge < -0.3 is 4.74 Å². The van der Waals surface area contributed by atoms with E-state index in [4.69, 9.17) is 9.88 Å². The van der Waals surface area contributed by atoms with Gasteiger partial charge in [0.15, 0.2) is 0 Å². The van der Waals surface area contributed by atoms with Crippen LogP contribution in [0.4, 0.5) is 0 Å². The monoisotopic (exact) mass is 441 g/mol. The number of aryl methyl sites for hydroxylation is 1. The molecule has 2 N–H and O–H groups in total. The molecule has 0 radical (unpaired) electrons. The van der Waals surface area contributed by atoms with Crippen molar-refractivity contribution >= 4 is 31.6 Å². The number of ether oxygens (including phenoxy) is 1. The molecule has 0 spiro atoms. The predicted molar refractivity (Wildman–Crippen MR) is 117 cm³/mol. The minimum atomic E-state index is -3.74. The van der Waals surface area contributed by atoms with E-state index in [1.807, 2.05) is 37.3 Å². The van der Waals surface area contributed by atoms with Crippen LogP contribution in [0.15, 0.2) is 70.6 Å². The van der Waals surface area contributed by atoms with Crippen molar-refractivity contribution in [1.82, 2.24) is 9.55 Å². The Bertz CT molecular complexity index is 1360. The largest absolute Gasteiger partial charge is 0.492 e. The van der Waals surface area contributed by atoms with Gasteiger partial charge in [0.05, 0.1) is 23.2 Å². The Kier molecular flexibility index (Phi) is 5.42. The van der Waals surface area contributed by atoms with E-state index in [0.29, 0.717) is 22.5 Å². The topological polar surface area (TPSA) is 104 Å². The lowest BCUT2D eigenvalue weighted by Gasteiger charge is -2.08. The number of thiophene rings is 1. The van der Waals surface area contributed by atoms with Crippen LogP contribution in [0, 0.1) is 6.92 Å². The SMILES string of the molecule is Cc1c(-c2ccccc2)sc2ncn(CCOc3ccc(S(N)(=O)=O)cc3)c(=O)c12. The first-order valence-corrected chi connectivity index (χ1v) is 11.5. The van der Waals surface area contributed by atoms with Crippen molar-refractivity contribution < 1.29 is 13.2 Å². The minimum absolute atomic E-state index is 0.0166. The van der Waals surface area contributed by atoms with Gasteiger partial charge in [-0.15, -0.1) is 11.3 Å². The number of primary sulfonamides is 1. The lowest BCUT2D eigenvalue weighted by molar-refractivity contribution is 0.296. The van der Waals surface area contributed by atoms with Gasteiger partial charge in [-0.2, -0.15) is 0 Å². The molecular weight excluding hydrogens is 422 g/mol. The summed E-state index contributed by atoms with van der Waals surface area (Å²) >= 11 is 1.51. The zero-order valence-electron chi connectivity index (χ0n) is 16.1. The first-order valence-electron chi connectivity index (χ1n) is 9.14. The number of sulfonamides is 1. The van der Waals surface area contributed by atoms with Crippen molar-refractivity contribution in [1.29, 1.82) is 0 Å². The number of hydrogen-bond donors (Lipinski definition) is 1. The number of rotatable bonds is 6. The second kappa shape index (κ2) is 8.02. The smallest absolute Gasteiger partial charge is 0.262 e. The number of benzene rings is 2. The molecule has 9 heteroatoms. The van der Waals surface area contributed by atoms with E-state index in [1.165, 1.54) is 46.5 Å². The van der Waals surface area contributed by atoms with Crippen LogP contribution in [0.1, 0.15) is 5.56 Å². The second-order valence-corrected chi connectivity index (χ2v) is 9.27. The van der Waals surface area contributed by atoms with Crippen LogP contribution < -0.4 is 15.4 Å². The molecule has 0 saturated carbocycles. The zero-order valence-corrected chi connectivity index (χ0v) is 17.7. The Hall–Kier alpha value is -3.01. The van der Waals surface area contributed by atoms with Gasteiger partial charge in [0, 0.05) is 4.88 Å². The summed E-state index contributed by atoms with van der Waals surface area (Å²) in [5.41, 5.74) is 1.88. The number of fused-ring (bicyclic) bond motifs is 1. The van der Waals surface area contributed by atoms with Gasteiger partial charge >= 0.3 is 0 Å². The minimum Gasteiger partial charge on any atom is -0.492 e. The number of hydrogen-bond acceptors (Lipinski definition) is 6. The quantitative estimate of drug-likeness (QED) is 0.495. The Labute approximate surface area is 177 Å². The third-order valence-electron chi connectivity index (χ3n) is 4.71. The molecule has 0 amide bonds. The standard InChI is InChI=1S/C21H19N3O4S2/c1-14-18-20(29-19(14)15-5-3-2-4-6-15)23-13-24(21(18)25)11-12-28-16-7-9-17(10-8-16)30(22,26)27/h2-10,13H,11-12H2,1H3,(H2,22,26,27). The lowest BCUT2D eigenvalue weighted by Crippen LogP contribution is -2.23. The summed E-state index contributed by atoms with van der Waals surface area (Å²) in [6.45, 7) is 2.49. The maximum Gasteiger partial charge on any atom is 0.262 e. The molecule has 0 atom stereocenters. The molecule has 7 nitrogen and oxygen atoms in total. The normalized spacial score (nSPS) is 11.7. The molecule has 2 aromatic carbocycles. The highest BCUT2D eigenvalue weighted by molar-refractivity contribution is 7.89. The number of nitrogens with two attached hydrogens (primary N) is 1. The van der Waals surface area contributed by atoms with Crippen LogP contribution in [-0.4, -0.2) is 24.6 Å². The van der Waals surface area contributed by atoms with Crippen molar-refractivity contribution in [3.05, 3.63) is 76.8 Å². The van der Waals surface area contributed by atoms with E-state index in [-0.39, 0.29) is 17.1 Å². The van der Waals surface area contributed by atoms with Gasteiger partial charge in [-0.3, -0.25) is 9.36 Å². The van der Waals surface area contributed by atoms with E-state index in [0.717, 1.165) is 16.0 Å². The van der Waals surface area contributed by atoms with Gasteiger partial charge in [-0.05, 0) is 42.3 Å². The summed E-state index contributed by atoms with van der Waals surface area (Å²) in [4.78, 5) is 19.2. The van der Waals surface area contributed by atoms with Crippen LogP contribution >= 0.6 is 11.3 Å². The first-order chi connectivity index (χ1) is 14.3. The number of nitrogens with zero attached hydrogens (tertiary/aromatic N) is 2. The van der Waals surface area contributed by atoms with Crippen molar-refractivity contribution in [3.63, 3.8) is 0 Å². The molecular formula is C21H19N3O4S2. The molecule has 4 aromatic rings. The average molecular weight is 442 g/mol. The van der Waals surface area contributed by atoms with Crippen LogP contribution in [0.5, 0.6) is 5.75 Å². The fourth-order valence-corrected chi connectivity index (χ4v) is 4.83. The third-order valence-corrected chi connectivity index (χ3v) is 6.88. The molecule has 154 valence electrons. The van der Waals surface area contributed by atoms with E-state index in [2.05, 4.69) is 4.98 Å².